The van der Waals surface area contributed by atoms with Crippen molar-refractivity contribution >= 4 is 28.7 Å². The standard InChI is InChI=1S/C27H25ClF3N5O2/c1-16-20(13-18(28)14-33-16)25(37)34-19-10-8-17(9-11-19)15-35-24-23(7-4-12-32-24)36(26(35)38)22-6-3-2-5-21(22)27(29,30)31/h2-7,12-14,17,19H,8-11,15H2,1H3,(H,34,37)/t17-,19-. The normalized spacial score (nSPS) is 18.0. The van der Waals surface area contributed by atoms with Crippen molar-refractivity contribution < 1.29 is 18.0 Å². The fourth-order valence-electron chi connectivity index (χ4n) is 5.14. The van der Waals surface area contributed by atoms with Crippen LogP contribution in [0, 0.1) is 12.8 Å². The Balaban J connectivity index is 1.35. The fourth-order valence-corrected chi connectivity index (χ4v) is 5.30. The summed E-state index contributed by atoms with van der Waals surface area (Å²) in [6.45, 7) is 2.07. The molecule has 3 heterocycles. The first-order chi connectivity index (χ1) is 18.1. The maximum absolute atomic E-state index is 13.7. The molecule has 198 valence electrons. The zero-order chi connectivity index (χ0) is 27.0. The van der Waals surface area contributed by atoms with Gasteiger partial charge in [-0.1, -0.05) is 23.7 Å². The summed E-state index contributed by atoms with van der Waals surface area (Å²) in [5.41, 5.74) is 0.0229. The van der Waals surface area contributed by atoms with Crippen molar-refractivity contribution in [3.63, 3.8) is 0 Å². The van der Waals surface area contributed by atoms with Gasteiger partial charge in [-0.15, -0.1) is 0 Å². The third kappa shape index (κ3) is 5.05. The summed E-state index contributed by atoms with van der Waals surface area (Å²) >= 11 is 5.99. The van der Waals surface area contributed by atoms with E-state index in [1.165, 1.54) is 35.2 Å². The summed E-state index contributed by atoms with van der Waals surface area (Å²) in [4.78, 5) is 34.7. The van der Waals surface area contributed by atoms with Crippen molar-refractivity contribution in [2.45, 2.75) is 51.4 Å². The number of alkyl halides is 3. The Labute approximate surface area is 221 Å². The highest BCUT2D eigenvalue weighted by atomic mass is 35.5. The van der Waals surface area contributed by atoms with Crippen molar-refractivity contribution in [2.24, 2.45) is 5.92 Å². The summed E-state index contributed by atoms with van der Waals surface area (Å²) in [7, 11) is 0. The van der Waals surface area contributed by atoms with Crippen LogP contribution < -0.4 is 11.0 Å². The minimum Gasteiger partial charge on any atom is -0.349 e. The number of fused-ring (bicyclic) bond motifs is 1. The number of amides is 1. The first-order valence-electron chi connectivity index (χ1n) is 12.3. The van der Waals surface area contributed by atoms with E-state index >= 15 is 0 Å². The van der Waals surface area contributed by atoms with E-state index in [1.54, 1.807) is 25.1 Å². The first kappa shape index (κ1) is 26.0. The Morgan fingerprint density at radius 3 is 2.58 bits per heavy atom. The second-order valence-electron chi connectivity index (χ2n) is 9.57. The number of benzene rings is 1. The summed E-state index contributed by atoms with van der Waals surface area (Å²) < 4.78 is 43.8. The first-order valence-corrected chi connectivity index (χ1v) is 12.7. The van der Waals surface area contributed by atoms with Crippen molar-refractivity contribution in [1.82, 2.24) is 24.4 Å². The lowest BCUT2D eigenvalue weighted by molar-refractivity contribution is -0.137. The number of nitrogens with zero attached hydrogens (tertiary/aromatic N) is 4. The number of rotatable bonds is 5. The van der Waals surface area contributed by atoms with Gasteiger partial charge in [-0.2, -0.15) is 13.2 Å². The highest BCUT2D eigenvalue weighted by molar-refractivity contribution is 6.30. The summed E-state index contributed by atoms with van der Waals surface area (Å²) in [5, 5.41) is 3.43. The number of pyridine rings is 2. The number of hydrogen-bond acceptors (Lipinski definition) is 4. The van der Waals surface area contributed by atoms with Crippen LogP contribution in [0.15, 0.2) is 59.7 Å². The van der Waals surface area contributed by atoms with Crippen molar-refractivity contribution in [3.05, 3.63) is 87.2 Å². The molecule has 38 heavy (non-hydrogen) atoms. The molecular weight excluding hydrogens is 519 g/mol. The lowest BCUT2D eigenvalue weighted by Gasteiger charge is -2.29. The van der Waals surface area contributed by atoms with Gasteiger partial charge in [0, 0.05) is 25.0 Å². The lowest BCUT2D eigenvalue weighted by atomic mass is 9.86. The highest BCUT2D eigenvalue weighted by Crippen LogP contribution is 2.34. The van der Waals surface area contributed by atoms with Gasteiger partial charge in [0.05, 0.1) is 33.0 Å². The number of carbonyl (C=O) groups excluding carboxylic acids is 1. The molecule has 0 saturated heterocycles. The Morgan fingerprint density at radius 1 is 1.11 bits per heavy atom. The average Bonchev–Trinajstić information content (AvgIpc) is 3.17. The summed E-state index contributed by atoms with van der Waals surface area (Å²) in [5.74, 6) is -0.123. The lowest BCUT2D eigenvalue weighted by Crippen LogP contribution is -2.39. The topological polar surface area (TPSA) is 81.8 Å². The van der Waals surface area contributed by atoms with Crippen molar-refractivity contribution in [3.8, 4) is 5.69 Å². The molecule has 5 rings (SSSR count). The summed E-state index contributed by atoms with van der Waals surface area (Å²) in [6.07, 6.45) is 1.30. The van der Waals surface area contributed by atoms with Crippen LogP contribution in [-0.4, -0.2) is 31.1 Å². The number of aromatic nitrogens is 4. The molecule has 1 amide bonds. The number of carbonyl (C=O) groups is 1. The molecule has 1 N–H and O–H groups in total. The fraction of sp³-hybridized carbons (Fsp3) is 0.333. The number of nitrogens with one attached hydrogen (secondary N) is 1. The van der Waals surface area contributed by atoms with Gasteiger partial charge < -0.3 is 5.32 Å². The Bertz CT molecular complexity index is 1550. The van der Waals surface area contributed by atoms with E-state index in [9.17, 15) is 22.8 Å². The van der Waals surface area contributed by atoms with Crippen LogP contribution in [0.4, 0.5) is 13.2 Å². The third-order valence-corrected chi connectivity index (χ3v) is 7.26. The molecule has 4 aromatic rings. The average molecular weight is 544 g/mol. The number of imidazole rings is 1. The second kappa shape index (κ2) is 10.2. The van der Waals surface area contributed by atoms with E-state index in [4.69, 9.17) is 11.6 Å². The molecule has 0 spiro atoms. The molecule has 1 fully saturated rings. The highest BCUT2D eigenvalue weighted by Gasteiger charge is 2.35. The Hall–Kier alpha value is -3.66. The Kier molecular flexibility index (Phi) is 7.00. The van der Waals surface area contributed by atoms with Crippen LogP contribution >= 0.6 is 11.6 Å². The van der Waals surface area contributed by atoms with Crippen molar-refractivity contribution in [1.29, 1.82) is 0 Å². The van der Waals surface area contributed by atoms with Gasteiger partial charge in [0.1, 0.15) is 0 Å². The van der Waals surface area contributed by atoms with Gasteiger partial charge in [0.2, 0.25) is 0 Å². The van der Waals surface area contributed by atoms with E-state index in [0.717, 1.165) is 23.5 Å². The smallest absolute Gasteiger partial charge is 0.349 e. The third-order valence-electron chi connectivity index (χ3n) is 7.06. The quantitative estimate of drug-likeness (QED) is 0.358. The SMILES string of the molecule is Cc1ncc(Cl)cc1C(=O)N[C@H]1CC[C@H](Cn2c(=O)n(-c3ccccc3C(F)(F)F)c3cccnc32)CC1. The number of halogens is 4. The molecular formula is C27H25ClF3N5O2. The largest absolute Gasteiger partial charge is 0.418 e. The van der Waals surface area contributed by atoms with E-state index in [2.05, 4.69) is 15.3 Å². The van der Waals surface area contributed by atoms with E-state index < -0.39 is 17.4 Å². The summed E-state index contributed by atoms with van der Waals surface area (Å²) in [6, 6.07) is 9.81. The zero-order valence-corrected chi connectivity index (χ0v) is 21.3. The van der Waals surface area contributed by atoms with Crippen LogP contribution in [0.5, 0.6) is 0 Å². The van der Waals surface area contributed by atoms with E-state index in [1.807, 2.05) is 0 Å². The van der Waals surface area contributed by atoms with Gasteiger partial charge >= 0.3 is 11.9 Å². The molecule has 11 heteroatoms. The molecule has 1 aliphatic carbocycles. The molecule has 0 radical (unpaired) electrons. The molecule has 7 nitrogen and oxygen atoms in total. The van der Waals surface area contributed by atoms with Crippen LogP contribution in [0.2, 0.25) is 5.02 Å². The number of aryl methyl sites for hydroxylation is 1. The molecule has 0 bridgehead atoms. The van der Waals surface area contributed by atoms with Crippen LogP contribution in [0.1, 0.15) is 47.3 Å². The maximum Gasteiger partial charge on any atom is 0.418 e. The second-order valence-corrected chi connectivity index (χ2v) is 10.0. The maximum atomic E-state index is 13.7. The van der Waals surface area contributed by atoms with E-state index in [-0.39, 0.29) is 23.6 Å². The number of para-hydroxylation sites is 1. The van der Waals surface area contributed by atoms with Crippen LogP contribution in [0.3, 0.4) is 0 Å². The zero-order valence-electron chi connectivity index (χ0n) is 20.5. The van der Waals surface area contributed by atoms with Crippen LogP contribution in [0.25, 0.3) is 16.9 Å². The van der Waals surface area contributed by atoms with Gasteiger partial charge in [-0.3, -0.25) is 18.9 Å². The molecule has 3 aromatic heterocycles. The monoisotopic (exact) mass is 543 g/mol. The van der Waals surface area contributed by atoms with Gasteiger partial charge in [-0.25, -0.2) is 9.78 Å². The van der Waals surface area contributed by atoms with Gasteiger partial charge in [0.25, 0.3) is 5.91 Å². The van der Waals surface area contributed by atoms with Gasteiger partial charge in [0.15, 0.2) is 5.65 Å². The van der Waals surface area contributed by atoms with E-state index in [0.29, 0.717) is 46.8 Å². The molecule has 0 atom stereocenters. The van der Waals surface area contributed by atoms with Crippen LogP contribution in [-0.2, 0) is 12.7 Å². The molecule has 1 saturated carbocycles. The minimum absolute atomic E-state index is 0.0352. The van der Waals surface area contributed by atoms with Crippen molar-refractivity contribution in [2.75, 3.05) is 0 Å². The predicted molar refractivity (Wildman–Crippen MR) is 138 cm³/mol. The number of hydrogen-bond donors (Lipinski definition) is 1. The molecule has 0 aliphatic heterocycles. The predicted octanol–water partition coefficient (Wildman–Crippen LogP) is 5.55. The van der Waals surface area contributed by atoms with Gasteiger partial charge in [-0.05, 0) is 68.9 Å². The Morgan fingerprint density at radius 2 is 1.84 bits per heavy atom. The molecule has 0 unspecified atom stereocenters. The molecule has 1 aromatic carbocycles. The minimum atomic E-state index is -4.62. The molecule has 1 aliphatic rings.